The summed E-state index contributed by atoms with van der Waals surface area (Å²) in [6.07, 6.45) is -0.467. The Morgan fingerprint density at radius 2 is 1.83 bits per heavy atom. The molecule has 3 rings (SSSR count). The lowest BCUT2D eigenvalue weighted by atomic mass is 9.82. The topological polar surface area (TPSA) is 139 Å². The molecule has 3 atom stereocenters. The Morgan fingerprint density at radius 3 is 2.37 bits per heavy atom. The van der Waals surface area contributed by atoms with Gasteiger partial charge in [-0.25, -0.2) is 4.79 Å². The van der Waals surface area contributed by atoms with Crippen molar-refractivity contribution < 1.29 is 33.8 Å². The molecule has 0 aliphatic carbocycles. The predicted octanol–water partition coefficient (Wildman–Crippen LogP) is 1.02. The van der Waals surface area contributed by atoms with Crippen LogP contribution in [0.5, 0.6) is 0 Å². The monoisotopic (exact) mass is 487 g/mol. The standard InChI is InChI=1S/C25H33N3O7/c1-14(29)20-18-10-17(16-8-6-15(7-9-16)11-27(5)12-19(26)30)21(28(18)22(20)31)23(32)34-13-35-24(33)25(2,3)4/h6-9,14,18,20,29H,10-13H2,1-5H3,(H2,26,30)/t14-,18-,20-/m1/s1. The molecule has 1 fully saturated rings. The van der Waals surface area contributed by atoms with Crippen LogP contribution in [0.2, 0.25) is 0 Å². The fraction of sp³-hybridized carbons (Fsp3) is 0.520. The van der Waals surface area contributed by atoms with Gasteiger partial charge in [0.1, 0.15) is 5.70 Å². The summed E-state index contributed by atoms with van der Waals surface area (Å²) in [5.41, 5.74) is 6.88. The Morgan fingerprint density at radius 1 is 1.20 bits per heavy atom. The third-order valence-corrected chi connectivity index (χ3v) is 6.09. The van der Waals surface area contributed by atoms with Crippen molar-refractivity contribution in [3.8, 4) is 0 Å². The molecule has 2 heterocycles. The average molecular weight is 488 g/mol. The number of esters is 2. The third kappa shape index (κ3) is 5.71. The first kappa shape index (κ1) is 26.4. The predicted molar refractivity (Wildman–Crippen MR) is 126 cm³/mol. The molecule has 35 heavy (non-hydrogen) atoms. The van der Waals surface area contributed by atoms with Crippen LogP contribution >= 0.6 is 0 Å². The number of nitrogens with zero attached hydrogens (tertiary/aromatic N) is 2. The van der Waals surface area contributed by atoms with Crippen molar-refractivity contribution in [1.29, 1.82) is 0 Å². The lowest BCUT2D eigenvalue weighted by Gasteiger charge is -2.44. The Labute approximate surface area is 204 Å². The van der Waals surface area contributed by atoms with Gasteiger partial charge in [0.2, 0.25) is 18.6 Å². The first-order valence-electron chi connectivity index (χ1n) is 11.5. The Hall–Kier alpha value is -3.24. The van der Waals surface area contributed by atoms with Crippen LogP contribution in [0.25, 0.3) is 5.57 Å². The van der Waals surface area contributed by atoms with Crippen LogP contribution in [0.4, 0.5) is 0 Å². The highest BCUT2D eigenvalue weighted by atomic mass is 16.7. The maximum Gasteiger partial charge on any atom is 0.358 e. The minimum absolute atomic E-state index is 0.0994. The number of hydrogen-bond donors (Lipinski definition) is 2. The van der Waals surface area contributed by atoms with Crippen molar-refractivity contribution in [2.45, 2.75) is 52.8 Å². The van der Waals surface area contributed by atoms with Gasteiger partial charge in [-0.2, -0.15) is 0 Å². The lowest BCUT2D eigenvalue weighted by Crippen LogP contribution is -2.61. The van der Waals surface area contributed by atoms with Crippen molar-refractivity contribution >= 4 is 29.3 Å². The number of hydrogen-bond acceptors (Lipinski definition) is 8. The molecule has 10 nitrogen and oxygen atoms in total. The van der Waals surface area contributed by atoms with Gasteiger partial charge in [0.15, 0.2) is 0 Å². The zero-order valence-corrected chi connectivity index (χ0v) is 20.7. The van der Waals surface area contributed by atoms with E-state index in [1.807, 2.05) is 24.3 Å². The molecule has 0 aromatic heterocycles. The van der Waals surface area contributed by atoms with Gasteiger partial charge >= 0.3 is 11.9 Å². The van der Waals surface area contributed by atoms with E-state index in [1.54, 1.807) is 39.6 Å². The molecule has 1 saturated heterocycles. The van der Waals surface area contributed by atoms with E-state index in [9.17, 15) is 24.3 Å². The summed E-state index contributed by atoms with van der Waals surface area (Å²) in [5, 5.41) is 10.1. The number of ether oxygens (including phenoxy) is 2. The molecular weight excluding hydrogens is 454 g/mol. The summed E-state index contributed by atoms with van der Waals surface area (Å²) in [4.78, 5) is 52.0. The minimum atomic E-state index is -0.851. The zero-order valence-electron chi connectivity index (χ0n) is 20.7. The molecule has 10 heteroatoms. The SMILES string of the molecule is C[C@@H](O)[C@H]1C(=O)N2C(C(=O)OCOC(=O)C(C)(C)C)=C(c3ccc(CN(C)CC(N)=O)cc3)C[C@H]12. The fourth-order valence-electron chi connectivity index (χ4n) is 4.38. The zero-order chi connectivity index (χ0) is 26.1. The highest BCUT2D eigenvalue weighted by molar-refractivity contribution is 6.06. The van der Waals surface area contributed by atoms with Crippen LogP contribution in [0.3, 0.4) is 0 Å². The van der Waals surface area contributed by atoms with Gasteiger partial charge < -0.3 is 25.2 Å². The second kappa shape index (κ2) is 10.2. The van der Waals surface area contributed by atoms with Gasteiger partial charge in [-0.05, 0) is 57.9 Å². The van der Waals surface area contributed by atoms with E-state index >= 15 is 0 Å². The van der Waals surface area contributed by atoms with Crippen molar-refractivity contribution in [1.82, 2.24) is 9.80 Å². The lowest BCUT2D eigenvalue weighted by molar-refractivity contribution is -0.175. The molecule has 190 valence electrons. The number of amides is 2. The van der Waals surface area contributed by atoms with Gasteiger partial charge in [-0.3, -0.25) is 19.3 Å². The van der Waals surface area contributed by atoms with Crippen LogP contribution in [-0.4, -0.2) is 71.2 Å². The smallest absolute Gasteiger partial charge is 0.358 e. The largest absolute Gasteiger partial charge is 0.427 e. The molecular formula is C25H33N3O7. The van der Waals surface area contributed by atoms with Crippen molar-refractivity contribution in [2.75, 3.05) is 20.4 Å². The fourth-order valence-corrected chi connectivity index (χ4v) is 4.38. The van der Waals surface area contributed by atoms with Crippen LogP contribution < -0.4 is 5.73 Å². The third-order valence-electron chi connectivity index (χ3n) is 6.09. The number of carbonyl (C=O) groups is 4. The summed E-state index contributed by atoms with van der Waals surface area (Å²) >= 11 is 0. The van der Waals surface area contributed by atoms with E-state index in [4.69, 9.17) is 15.2 Å². The second-order valence-electron chi connectivity index (χ2n) is 10.1. The van der Waals surface area contributed by atoms with Crippen LogP contribution in [0, 0.1) is 11.3 Å². The molecule has 1 aromatic carbocycles. The quantitative estimate of drug-likeness (QED) is 0.299. The molecule has 0 unspecified atom stereocenters. The molecule has 2 aliphatic heterocycles. The molecule has 2 aliphatic rings. The summed E-state index contributed by atoms with van der Waals surface area (Å²) in [6.45, 7) is 6.68. The number of benzene rings is 1. The molecule has 1 aromatic rings. The molecule has 0 radical (unpaired) electrons. The van der Waals surface area contributed by atoms with Crippen LogP contribution in [0.15, 0.2) is 30.0 Å². The molecule has 0 saturated carbocycles. The number of carbonyl (C=O) groups excluding carboxylic acids is 4. The molecule has 0 spiro atoms. The van der Waals surface area contributed by atoms with Crippen LogP contribution in [0.1, 0.15) is 45.2 Å². The second-order valence-corrected chi connectivity index (χ2v) is 10.1. The van der Waals surface area contributed by atoms with Crippen LogP contribution in [-0.2, 0) is 35.2 Å². The van der Waals surface area contributed by atoms with Gasteiger partial charge in [0.05, 0.1) is 30.0 Å². The number of likely N-dealkylation sites (N-methyl/N-ethyl adjacent to an activating group) is 1. The minimum Gasteiger partial charge on any atom is -0.427 e. The van der Waals surface area contributed by atoms with Gasteiger partial charge in [-0.1, -0.05) is 24.3 Å². The Kier molecular flexibility index (Phi) is 7.66. The first-order chi connectivity index (χ1) is 16.3. The molecule has 0 bridgehead atoms. The van der Waals surface area contributed by atoms with E-state index in [-0.39, 0.29) is 24.2 Å². The normalized spacial score (nSPS) is 20.4. The number of β-lactam (4-membered cyclic amide) rings is 1. The number of fused-ring (bicyclic) bond motifs is 1. The van der Waals surface area contributed by atoms with Gasteiger partial charge in [0, 0.05) is 6.54 Å². The maximum absolute atomic E-state index is 13.0. The Bertz CT molecular complexity index is 1040. The van der Waals surface area contributed by atoms with Crippen molar-refractivity contribution in [3.05, 3.63) is 41.1 Å². The molecule has 2 amide bonds. The van der Waals surface area contributed by atoms with E-state index < -0.39 is 42.1 Å². The number of rotatable bonds is 9. The summed E-state index contributed by atoms with van der Waals surface area (Å²) in [7, 11) is 1.78. The van der Waals surface area contributed by atoms with E-state index in [1.165, 1.54) is 4.90 Å². The average Bonchev–Trinajstić information content (AvgIpc) is 3.07. The summed E-state index contributed by atoms with van der Waals surface area (Å²) in [5.74, 6) is -2.65. The van der Waals surface area contributed by atoms with Crippen molar-refractivity contribution in [2.24, 2.45) is 17.1 Å². The highest BCUT2D eigenvalue weighted by Crippen LogP contribution is 2.47. The van der Waals surface area contributed by atoms with E-state index in [0.29, 0.717) is 18.5 Å². The molecule has 3 N–H and O–H groups in total. The number of nitrogens with two attached hydrogens (primary N) is 1. The number of aliphatic hydroxyl groups is 1. The van der Waals surface area contributed by atoms with Crippen molar-refractivity contribution in [3.63, 3.8) is 0 Å². The number of aliphatic hydroxyl groups excluding tert-OH is 1. The summed E-state index contributed by atoms with van der Waals surface area (Å²) < 4.78 is 10.2. The number of primary amides is 1. The van der Waals surface area contributed by atoms with Gasteiger partial charge in [-0.15, -0.1) is 0 Å². The first-order valence-corrected chi connectivity index (χ1v) is 11.5. The Balaban J connectivity index is 1.81. The van der Waals surface area contributed by atoms with E-state index in [0.717, 1.165) is 11.1 Å². The van der Waals surface area contributed by atoms with E-state index in [2.05, 4.69) is 0 Å². The highest BCUT2D eigenvalue weighted by Gasteiger charge is 2.57. The van der Waals surface area contributed by atoms with Gasteiger partial charge in [0.25, 0.3) is 0 Å². The summed E-state index contributed by atoms with van der Waals surface area (Å²) in [6, 6.07) is 7.07. The maximum atomic E-state index is 13.0.